The Morgan fingerprint density at radius 1 is 0.667 bits per heavy atom. The van der Waals surface area contributed by atoms with Crippen LogP contribution in [-0.2, 0) is 0 Å². The Bertz CT molecular complexity index is 119. The van der Waals surface area contributed by atoms with Crippen LogP contribution in [0.4, 0.5) is 0 Å². The molecule has 0 N–H and O–H groups in total. The Morgan fingerprint density at radius 3 is 1.83 bits per heavy atom. The largest absolute Gasteiger partial charge is 0.104 e. The molecule has 0 nitrogen and oxygen atoms in total. The van der Waals surface area contributed by atoms with Crippen molar-refractivity contribution in [3.8, 4) is 0 Å². The molecule has 0 atom stereocenters. The van der Waals surface area contributed by atoms with Gasteiger partial charge >= 0.3 is 0 Å². The molecule has 12 heavy (non-hydrogen) atoms. The molecule has 2 rings (SSSR count). The normalized spacial score (nSPS) is 29.0. The van der Waals surface area contributed by atoms with E-state index in [1.165, 1.54) is 18.5 Å². The average Bonchev–Trinajstić information content (AvgIpc) is 2.48. The standard InChI is InChI=1S/C11H21P/c1-2-6-10-12(9-5-1)11-7-3-4-8-11/h11H,1-10H2. The van der Waals surface area contributed by atoms with E-state index in [4.69, 9.17) is 0 Å². The van der Waals surface area contributed by atoms with Crippen LogP contribution in [0.25, 0.3) is 0 Å². The van der Waals surface area contributed by atoms with Crippen LogP contribution in [0.2, 0.25) is 0 Å². The molecule has 1 saturated carbocycles. The van der Waals surface area contributed by atoms with Gasteiger partial charge in [-0.2, -0.15) is 0 Å². The lowest BCUT2D eigenvalue weighted by Gasteiger charge is -2.22. The molecule has 1 aliphatic heterocycles. The predicted molar refractivity (Wildman–Crippen MR) is 57.4 cm³/mol. The van der Waals surface area contributed by atoms with Crippen molar-refractivity contribution < 1.29 is 0 Å². The van der Waals surface area contributed by atoms with Gasteiger partial charge in [0.1, 0.15) is 0 Å². The molecule has 0 radical (unpaired) electrons. The van der Waals surface area contributed by atoms with Gasteiger partial charge in [0.05, 0.1) is 0 Å². The third kappa shape index (κ3) is 2.22. The molecule has 0 spiro atoms. The van der Waals surface area contributed by atoms with Gasteiger partial charge in [0.15, 0.2) is 0 Å². The highest BCUT2D eigenvalue weighted by Crippen LogP contribution is 2.51. The second-order valence-electron chi connectivity index (χ2n) is 4.39. The SMILES string of the molecule is C1CCCP(C2CCCC2)CC1. The molecule has 0 unspecified atom stereocenters. The molecule has 1 heteroatoms. The van der Waals surface area contributed by atoms with E-state index in [1.807, 2.05) is 0 Å². The van der Waals surface area contributed by atoms with Gasteiger partial charge < -0.3 is 0 Å². The van der Waals surface area contributed by atoms with Crippen molar-refractivity contribution in [3.05, 3.63) is 0 Å². The minimum absolute atomic E-state index is 0.501. The van der Waals surface area contributed by atoms with Gasteiger partial charge in [0, 0.05) is 0 Å². The first-order chi connectivity index (χ1) is 5.97. The van der Waals surface area contributed by atoms with Gasteiger partial charge in [-0.25, -0.2) is 0 Å². The van der Waals surface area contributed by atoms with Crippen LogP contribution in [0, 0.1) is 0 Å². The average molecular weight is 184 g/mol. The fourth-order valence-electron chi connectivity index (χ4n) is 2.73. The predicted octanol–water partition coefficient (Wildman–Crippen LogP) is 3.98. The van der Waals surface area contributed by atoms with Crippen molar-refractivity contribution in [2.45, 2.75) is 57.0 Å². The summed E-state index contributed by atoms with van der Waals surface area (Å²) in [6.45, 7) is 0. The third-order valence-corrected chi connectivity index (χ3v) is 6.81. The summed E-state index contributed by atoms with van der Waals surface area (Å²) in [5.41, 5.74) is 1.21. The van der Waals surface area contributed by atoms with E-state index < -0.39 is 0 Å². The second kappa shape index (κ2) is 4.61. The van der Waals surface area contributed by atoms with Crippen molar-refractivity contribution in [2.75, 3.05) is 12.3 Å². The highest BCUT2D eigenvalue weighted by atomic mass is 31.1. The van der Waals surface area contributed by atoms with Crippen molar-refractivity contribution in [3.63, 3.8) is 0 Å². The molecule has 2 aliphatic rings. The Kier molecular flexibility index (Phi) is 3.46. The van der Waals surface area contributed by atoms with E-state index >= 15 is 0 Å². The van der Waals surface area contributed by atoms with Gasteiger partial charge in [0.2, 0.25) is 0 Å². The molecule has 0 aromatic rings. The molecule has 0 aromatic heterocycles. The van der Waals surface area contributed by atoms with Crippen molar-refractivity contribution in [1.82, 2.24) is 0 Å². The van der Waals surface area contributed by atoms with E-state index in [1.54, 1.807) is 50.8 Å². The van der Waals surface area contributed by atoms with Gasteiger partial charge in [-0.05, 0) is 43.7 Å². The van der Waals surface area contributed by atoms with E-state index in [0.29, 0.717) is 7.92 Å². The van der Waals surface area contributed by atoms with E-state index in [9.17, 15) is 0 Å². The smallest absolute Gasteiger partial charge is 0.0209 e. The summed E-state index contributed by atoms with van der Waals surface area (Å²) in [7, 11) is 0.501. The monoisotopic (exact) mass is 184 g/mol. The second-order valence-corrected chi connectivity index (χ2v) is 7.19. The lowest BCUT2D eigenvalue weighted by atomic mass is 10.2. The molecule has 1 saturated heterocycles. The first kappa shape index (κ1) is 9.00. The molecule has 0 amide bonds. The fourth-order valence-corrected chi connectivity index (χ4v) is 6.04. The van der Waals surface area contributed by atoms with Gasteiger partial charge in [-0.3, -0.25) is 0 Å². The quantitative estimate of drug-likeness (QED) is 0.541. The van der Waals surface area contributed by atoms with E-state index in [-0.39, 0.29) is 0 Å². The molecule has 1 heterocycles. The number of hydrogen-bond donors (Lipinski definition) is 0. The van der Waals surface area contributed by atoms with Gasteiger partial charge in [-0.1, -0.05) is 25.7 Å². The highest BCUT2D eigenvalue weighted by molar-refractivity contribution is 7.58. The lowest BCUT2D eigenvalue weighted by Crippen LogP contribution is -2.03. The lowest BCUT2D eigenvalue weighted by molar-refractivity contribution is 0.726. The summed E-state index contributed by atoms with van der Waals surface area (Å²) in [5.74, 6) is 0. The minimum Gasteiger partial charge on any atom is -0.104 e. The molecule has 70 valence electrons. The summed E-state index contributed by atoms with van der Waals surface area (Å²) >= 11 is 0. The van der Waals surface area contributed by atoms with Crippen LogP contribution in [0.5, 0.6) is 0 Å². The fraction of sp³-hybridized carbons (Fsp3) is 1.00. The first-order valence-corrected chi connectivity index (χ1v) is 7.49. The Morgan fingerprint density at radius 2 is 1.25 bits per heavy atom. The van der Waals surface area contributed by atoms with Crippen LogP contribution in [0.1, 0.15) is 51.4 Å². The van der Waals surface area contributed by atoms with Gasteiger partial charge in [0.25, 0.3) is 0 Å². The maximum Gasteiger partial charge on any atom is -0.0209 e. The van der Waals surface area contributed by atoms with Crippen molar-refractivity contribution in [1.29, 1.82) is 0 Å². The van der Waals surface area contributed by atoms with Crippen LogP contribution in [0.15, 0.2) is 0 Å². The van der Waals surface area contributed by atoms with E-state index in [0.717, 1.165) is 0 Å². The minimum atomic E-state index is 0.501. The summed E-state index contributed by atoms with van der Waals surface area (Å²) < 4.78 is 0. The zero-order valence-electron chi connectivity index (χ0n) is 8.10. The summed E-state index contributed by atoms with van der Waals surface area (Å²) in [5, 5.41) is 0. The maximum atomic E-state index is 1.62. The number of rotatable bonds is 1. The first-order valence-electron chi connectivity index (χ1n) is 5.71. The molecular formula is C11H21P. The van der Waals surface area contributed by atoms with Crippen LogP contribution < -0.4 is 0 Å². The molecule has 2 fully saturated rings. The Labute approximate surface area is 77.9 Å². The van der Waals surface area contributed by atoms with Crippen molar-refractivity contribution in [2.24, 2.45) is 0 Å². The number of hydrogen-bond acceptors (Lipinski definition) is 0. The molecule has 0 aromatic carbocycles. The zero-order valence-corrected chi connectivity index (χ0v) is 8.99. The molecular weight excluding hydrogens is 163 g/mol. The van der Waals surface area contributed by atoms with Crippen molar-refractivity contribution >= 4 is 7.92 Å². The van der Waals surface area contributed by atoms with Crippen LogP contribution in [0.3, 0.4) is 0 Å². The maximum absolute atomic E-state index is 1.62. The summed E-state index contributed by atoms with van der Waals surface area (Å²) in [6, 6.07) is 0. The van der Waals surface area contributed by atoms with Gasteiger partial charge in [-0.15, -0.1) is 7.92 Å². The highest BCUT2D eigenvalue weighted by Gasteiger charge is 2.24. The zero-order chi connectivity index (χ0) is 8.23. The van der Waals surface area contributed by atoms with E-state index in [2.05, 4.69) is 0 Å². The van der Waals surface area contributed by atoms with Crippen LogP contribution in [-0.4, -0.2) is 18.0 Å². The topological polar surface area (TPSA) is 0 Å². The Hall–Kier alpha value is 0.430. The third-order valence-electron chi connectivity index (χ3n) is 3.48. The summed E-state index contributed by atoms with van der Waals surface area (Å²) in [6.07, 6.45) is 15.7. The Balaban J connectivity index is 1.83. The van der Waals surface area contributed by atoms with Crippen LogP contribution >= 0.6 is 7.92 Å². The molecule has 1 aliphatic carbocycles. The molecule has 0 bridgehead atoms. The summed E-state index contributed by atoms with van der Waals surface area (Å²) in [4.78, 5) is 0.